The van der Waals surface area contributed by atoms with Gasteiger partial charge in [-0.05, 0) is 24.8 Å². The standard InChI is InChI=1S/C12H18N4S/c1-8-3-2-4-9(7-8)15-12-14-6-5-10(16-12)11(13)17/h5-6,8-9H,2-4,7H2,1H3,(H2,13,17)(H,14,15,16). The molecule has 1 aromatic heterocycles. The molecule has 92 valence electrons. The van der Waals surface area contributed by atoms with Gasteiger partial charge in [0.1, 0.15) is 10.7 Å². The predicted molar refractivity (Wildman–Crippen MR) is 73.0 cm³/mol. The molecular weight excluding hydrogens is 232 g/mol. The van der Waals surface area contributed by atoms with E-state index in [-0.39, 0.29) is 0 Å². The van der Waals surface area contributed by atoms with Gasteiger partial charge < -0.3 is 11.1 Å². The van der Waals surface area contributed by atoms with Gasteiger partial charge in [-0.25, -0.2) is 9.97 Å². The first-order valence-corrected chi connectivity index (χ1v) is 6.45. The van der Waals surface area contributed by atoms with Gasteiger partial charge in [-0.1, -0.05) is 32.0 Å². The Morgan fingerprint density at radius 2 is 2.35 bits per heavy atom. The van der Waals surface area contributed by atoms with Crippen LogP contribution in [0.15, 0.2) is 12.3 Å². The SMILES string of the molecule is CC1CCCC(Nc2nccc(C(N)=S)n2)C1. The van der Waals surface area contributed by atoms with Gasteiger partial charge in [-0.15, -0.1) is 0 Å². The second-order valence-electron chi connectivity index (χ2n) is 4.74. The van der Waals surface area contributed by atoms with E-state index < -0.39 is 0 Å². The van der Waals surface area contributed by atoms with E-state index >= 15 is 0 Å². The van der Waals surface area contributed by atoms with Crippen LogP contribution in [0.5, 0.6) is 0 Å². The van der Waals surface area contributed by atoms with Gasteiger partial charge in [-0.2, -0.15) is 0 Å². The predicted octanol–water partition coefficient (Wildman–Crippen LogP) is 2.10. The largest absolute Gasteiger partial charge is 0.388 e. The van der Waals surface area contributed by atoms with Crippen LogP contribution in [0.2, 0.25) is 0 Å². The molecule has 4 nitrogen and oxygen atoms in total. The maximum Gasteiger partial charge on any atom is 0.223 e. The van der Waals surface area contributed by atoms with Crippen LogP contribution < -0.4 is 11.1 Å². The van der Waals surface area contributed by atoms with E-state index in [0.29, 0.717) is 22.7 Å². The van der Waals surface area contributed by atoms with Crippen molar-refractivity contribution < 1.29 is 0 Å². The van der Waals surface area contributed by atoms with Crippen LogP contribution in [-0.2, 0) is 0 Å². The van der Waals surface area contributed by atoms with Crippen molar-refractivity contribution >= 4 is 23.2 Å². The minimum atomic E-state index is 0.312. The molecule has 2 unspecified atom stereocenters. The second kappa shape index (κ2) is 5.40. The van der Waals surface area contributed by atoms with E-state index in [1.807, 2.05) is 0 Å². The third-order valence-electron chi connectivity index (χ3n) is 3.18. The fourth-order valence-electron chi connectivity index (χ4n) is 2.31. The minimum absolute atomic E-state index is 0.312. The van der Waals surface area contributed by atoms with Crippen LogP contribution in [0, 0.1) is 5.92 Å². The van der Waals surface area contributed by atoms with Crippen LogP contribution in [0.25, 0.3) is 0 Å². The lowest BCUT2D eigenvalue weighted by Crippen LogP contribution is -2.27. The van der Waals surface area contributed by atoms with Crippen LogP contribution in [0.1, 0.15) is 38.3 Å². The maximum absolute atomic E-state index is 5.55. The zero-order valence-electron chi connectivity index (χ0n) is 10.0. The fraction of sp³-hybridized carbons (Fsp3) is 0.583. The van der Waals surface area contributed by atoms with Gasteiger partial charge in [0.25, 0.3) is 0 Å². The third-order valence-corrected chi connectivity index (χ3v) is 3.39. The van der Waals surface area contributed by atoms with E-state index in [2.05, 4.69) is 22.2 Å². The van der Waals surface area contributed by atoms with Crippen molar-refractivity contribution in [1.82, 2.24) is 9.97 Å². The number of nitrogens with two attached hydrogens (primary N) is 1. The smallest absolute Gasteiger partial charge is 0.223 e. The molecule has 17 heavy (non-hydrogen) atoms. The highest BCUT2D eigenvalue weighted by molar-refractivity contribution is 7.80. The molecule has 1 saturated carbocycles. The molecule has 1 aliphatic rings. The number of nitrogens with zero attached hydrogens (tertiary/aromatic N) is 2. The molecule has 5 heteroatoms. The van der Waals surface area contributed by atoms with Gasteiger partial charge >= 0.3 is 0 Å². The van der Waals surface area contributed by atoms with E-state index in [9.17, 15) is 0 Å². The molecule has 0 spiro atoms. The van der Waals surface area contributed by atoms with Gasteiger partial charge in [0, 0.05) is 12.2 Å². The Kier molecular flexibility index (Phi) is 3.89. The molecule has 1 heterocycles. The van der Waals surface area contributed by atoms with Crippen molar-refractivity contribution in [3.63, 3.8) is 0 Å². The Morgan fingerprint density at radius 1 is 1.53 bits per heavy atom. The van der Waals surface area contributed by atoms with Gasteiger partial charge in [0.05, 0.1) is 0 Å². The van der Waals surface area contributed by atoms with E-state index in [0.717, 1.165) is 5.92 Å². The number of anilines is 1. The van der Waals surface area contributed by atoms with Gasteiger partial charge in [0.2, 0.25) is 5.95 Å². The summed E-state index contributed by atoms with van der Waals surface area (Å²) in [5, 5.41) is 3.37. The fourth-order valence-corrected chi connectivity index (χ4v) is 2.43. The zero-order chi connectivity index (χ0) is 12.3. The summed E-state index contributed by atoms with van der Waals surface area (Å²) in [6.07, 6.45) is 6.65. The number of hydrogen-bond acceptors (Lipinski definition) is 4. The Labute approximate surface area is 107 Å². The van der Waals surface area contributed by atoms with Crippen LogP contribution >= 0.6 is 12.2 Å². The molecule has 0 saturated heterocycles. The molecular formula is C12H18N4S. The topological polar surface area (TPSA) is 63.8 Å². The summed E-state index contributed by atoms with van der Waals surface area (Å²) < 4.78 is 0. The molecule has 0 bridgehead atoms. The zero-order valence-corrected chi connectivity index (χ0v) is 10.8. The summed E-state index contributed by atoms with van der Waals surface area (Å²) in [6.45, 7) is 2.29. The van der Waals surface area contributed by atoms with Crippen LogP contribution in [0.3, 0.4) is 0 Å². The van der Waals surface area contributed by atoms with Crippen molar-refractivity contribution in [2.75, 3.05) is 5.32 Å². The molecule has 0 aromatic carbocycles. The Bertz CT molecular complexity index is 407. The van der Waals surface area contributed by atoms with Gasteiger partial charge in [0.15, 0.2) is 0 Å². The molecule has 0 radical (unpaired) electrons. The highest BCUT2D eigenvalue weighted by Crippen LogP contribution is 2.25. The van der Waals surface area contributed by atoms with Crippen molar-refractivity contribution in [3.05, 3.63) is 18.0 Å². The van der Waals surface area contributed by atoms with Crippen molar-refractivity contribution in [3.8, 4) is 0 Å². The lowest BCUT2D eigenvalue weighted by molar-refractivity contribution is 0.357. The maximum atomic E-state index is 5.55. The summed E-state index contributed by atoms with van der Waals surface area (Å²) >= 11 is 4.90. The lowest BCUT2D eigenvalue weighted by atomic mass is 9.87. The van der Waals surface area contributed by atoms with Crippen molar-refractivity contribution in [1.29, 1.82) is 0 Å². The number of aromatic nitrogens is 2. The molecule has 0 aliphatic heterocycles. The molecule has 2 atom stereocenters. The average Bonchev–Trinajstić information content (AvgIpc) is 2.29. The Hall–Kier alpha value is -1.23. The second-order valence-corrected chi connectivity index (χ2v) is 5.18. The molecule has 1 aliphatic carbocycles. The van der Waals surface area contributed by atoms with Crippen molar-refractivity contribution in [2.24, 2.45) is 11.7 Å². The highest BCUT2D eigenvalue weighted by atomic mass is 32.1. The van der Waals surface area contributed by atoms with E-state index in [1.165, 1.54) is 25.7 Å². The van der Waals surface area contributed by atoms with Crippen LogP contribution in [-0.4, -0.2) is 21.0 Å². The minimum Gasteiger partial charge on any atom is -0.388 e. The summed E-state index contributed by atoms with van der Waals surface area (Å²) in [5.74, 6) is 1.41. The number of hydrogen-bond donors (Lipinski definition) is 2. The lowest BCUT2D eigenvalue weighted by Gasteiger charge is -2.27. The van der Waals surface area contributed by atoms with E-state index in [1.54, 1.807) is 12.3 Å². The molecule has 0 amide bonds. The third kappa shape index (κ3) is 3.36. The number of nitrogens with one attached hydrogen (secondary N) is 1. The Morgan fingerprint density at radius 3 is 3.06 bits per heavy atom. The summed E-state index contributed by atoms with van der Waals surface area (Å²) in [7, 11) is 0. The first kappa shape index (κ1) is 12.2. The summed E-state index contributed by atoms with van der Waals surface area (Å²) in [4.78, 5) is 8.82. The monoisotopic (exact) mass is 250 g/mol. The highest BCUT2D eigenvalue weighted by Gasteiger charge is 2.19. The van der Waals surface area contributed by atoms with Gasteiger partial charge in [-0.3, -0.25) is 0 Å². The van der Waals surface area contributed by atoms with Crippen LogP contribution in [0.4, 0.5) is 5.95 Å². The molecule has 1 aromatic rings. The molecule has 1 fully saturated rings. The molecule has 3 N–H and O–H groups in total. The quantitative estimate of drug-likeness (QED) is 0.804. The normalized spacial score (nSPS) is 24.3. The van der Waals surface area contributed by atoms with Crippen molar-refractivity contribution in [2.45, 2.75) is 38.6 Å². The average molecular weight is 250 g/mol. The number of thiocarbonyl (C=S) groups is 1. The number of rotatable bonds is 3. The Balaban J connectivity index is 2.02. The first-order valence-electron chi connectivity index (χ1n) is 6.04. The summed E-state index contributed by atoms with van der Waals surface area (Å²) in [6, 6.07) is 2.21. The van der Waals surface area contributed by atoms with E-state index in [4.69, 9.17) is 18.0 Å². The molecule has 2 rings (SSSR count). The summed E-state index contributed by atoms with van der Waals surface area (Å²) in [5.41, 5.74) is 6.18. The first-order chi connectivity index (χ1) is 8.15.